The van der Waals surface area contributed by atoms with Crippen molar-refractivity contribution in [3.8, 4) is 0 Å². The first-order chi connectivity index (χ1) is 7.02. The highest BCUT2D eigenvalue weighted by atomic mass is 16.5. The maximum atomic E-state index is 11.9. The van der Waals surface area contributed by atoms with Crippen LogP contribution in [0.1, 0.15) is 40.5 Å². The van der Waals surface area contributed by atoms with Gasteiger partial charge < -0.3 is 9.64 Å². The van der Waals surface area contributed by atoms with Crippen molar-refractivity contribution in [1.29, 1.82) is 0 Å². The molecular weight excluding hydrogens is 190 g/mol. The first-order valence-electron chi connectivity index (χ1n) is 5.93. The van der Waals surface area contributed by atoms with E-state index in [1.807, 2.05) is 18.7 Å². The Balaban J connectivity index is 2.43. The first kappa shape index (κ1) is 12.5. The zero-order valence-electron chi connectivity index (χ0n) is 10.3. The molecule has 1 amide bonds. The van der Waals surface area contributed by atoms with Gasteiger partial charge in [-0.3, -0.25) is 4.79 Å². The molecular formula is C12H23NO2. The van der Waals surface area contributed by atoms with Gasteiger partial charge in [0, 0.05) is 12.6 Å². The lowest BCUT2D eigenvalue weighted by Crippen LogP contribution is -2.47. The maximum Gasteiger partial charge on any atom is 0.248 e. The zero-order valence-corrected chi connectivity index (χ0v) is 10.3. The number of ether oxygens (including phenoxy) is 1. The molecule has 1 fully saturated rings. The van der Waals surface area contributed by atoms with Crippen LogP contribution >= 0.6 is 0 Å². The summed E-state index contributed by atoms with van der Waals surface area (Å²) in [6, 6.07) is 0.363. The lowest BCUT2D eigenvalue weighted by molar-refractivity contribution is -0.142. The van der Waals surface area contributed by atoms with E-state index >= 15 is 0 Å². The summed E-state index contributed by atoms with van der Waals surface area (Å²) in [4.78, 5) is 13.8. The molecule has 0 aromatic carbocycles. The molecule has 0 N–H and O–H groups in total. The van der Waals surface area contributed by atoms with Crippen LogP contribution in [-0.4, -0.2) is 36.1 Å². The van der Waals surface area contributed by atoms with Gasteiger partial charge in [-0.1, -0.05) is 6.92 Å². The SMILES string of the molecule is CC(C)OCC(=O)N1CCCC(C)C1C. The molecule has 3 heteroatoms. The van der Waals surface area contributed by atoms with E-state index in [9.17, 15) is 4.79 Å². The largest absolute Gasteiger partial charge is 0.369 e. The standard InChI is InChI=1S/C12H23NO2/c1-9(2)15-8-12(14)13-7-5-6-10(3)11(13)4/h9-11H,5-8H2,1-4H3. The van der Waals surface area contributed by atoms with Crippen LogP contribution in [0.4, 0.5) is 0 Å². The quantitative estimate of drug-likeness (QED) is 0.718. The van der Waals surface area contributed by atoms with Crippen LogP contribution in [-0.2, 0) is 9.53 Å². The molecule has 1 rings (SSSR count). The predicted octanol–water partition coefficient (Wildman–Crippen LogP) is 2.06. The number of likely N-dealkylation sites (tertiary alicyclic amines) is 1. The van der Waals surface area contributed by atoms with Crippen molar-refractivity contribution >= 4 is 5.91 Å². The number of hydrogen-bond acceptors (Lipinski definition) is 2. The van der Waals surface area contributed by atoms with Gasteiger partial charge in [0.2, 0.25) is 5.91 Å². The fourth-order valence-corrected chi connectivity index (χ4v) is 2.01. The minimum absolute atomic E-state index is 0.131. The van der Waals surface area contributed by atoms with Crippen molar-refractivity contribution in [3.05, 3.63) is 0 Å². The number of hydrogen-bond donors (Lipinski definition) is 0. The second-order valence-corrected chi connectivity index (χ2v) is 4.81. The molecule has 3 nitrogen and oxygen atoms in total. The lowest BCUT2D eigenvalue weighted by atomic mass is 9.92. The third-order valence-electron chi connectivity index (χ3n) is 3.23. The normalized spacial score (nSPS) is 27.1. The summed E-state index contributed by atoms with van der Waals surface area (Å²) < 4.78 is 5.35. The second kappa shape index (κ2) is 5.50. The van der Waals surface area contributed by atoms with Crippen molar-refractivity contribution in [1.82, 2.24) is 4.90 Å². The Morgan fingerprint density at radius 3 is 2.73 bits per heavy atom. The van der Waals surface area contributed by atoms with Crippen molar-refractivity contribution in [2.24, 2.45) is 5.92 Å². The van der Waals surface area contributed by atoms with Gasteiger partial charge in [0.25, 0.3) is 0 Å². The van der Waals surface area contributed by atoms with E-state index in [1.165, 1.54) is 6.42 Å². The van der Waals surface area contributed by atoms with E-state index in [2.05, 4.69) is 13.8 Å². The van der Waals surface area contributed by atoms with Gasteiger partial charge in [-0.15, -0.1) is 0 Å². The Kier molecular flexibility index (Phi) is 4.58. The first-order valence-corrected chi connectivity index (χ1v) is 5.93. The third-order valence-corrected chi connectivity index (χ3v) is 3.23. The average Bonchev–Trinajstić information content (AvgIpc) is 2.18. The highest BCUT2D eigenvalue weighted by molar-refractivity contribution is 5.77. The van der Waals surface area contributed by atoms with Crippen molar-refractivity contribution in [3.63, 3.8) is 0 Å². The van der Waals surface area contributed by atoms with Gasteiger partial charge >= 0.3 is 0 Å². The minimum atomic E-state index is 0.131. The molecule has 0 saturated carbocycles. The molecule has 0 bridgehead atoms. The zero-order chi connectivity index (χ0) is 11.4. The van der Waals surface area contributed by atoms with Crippen molar-refractivity contribution in [2.45, 2.75) is 52.7 Å². The molecule has 2 atom stereocenters. The summed E-state index contributed by atoms with van der Waals surface area (Å²) in [5, 5.41) is 0. The fourth-order valence-electron chi connectivity index (χ4n) is 2.01. The van der Waals surface area contributed by atoms with Crippen LogP contribution in [0.15, 0.2) is 0 Å². The number of carbonyl (C=O) groups excluding carboxylic acids is 1. The summed E-state index contributed by atoms with van der Waals surface area (Å²) in [6.45, 7) is 9.39. The molecule has 0 spiro atoms. The van der Waals surface area contributed by atoms with E-state index in [1.54, 1.807) is 0 Å². The van der Waals surface area contributed by atoms with Crippen LogP contribution < -0.4 is 0 Å². The van der Waals surface area contributed by atoms with Gasteiger partial charge in [0.1, 0.15) is 6.61 Å². The Bertz CT molecular complexity index is 216. The molecule has 1 aliphatic rings. The predicted molar refractivity (Wildman–Crippen MR) is 60.7 cm³/mol. The summed E-state index contributed by atoms with van der Waals surface area (Å²) >= 11 is 0. The fraction of sp³-hybridized carbons (Fsp3) is 0.917. The topological polar surface area (TPSA) is 29.5 Å². The van der Waals surface area contributed by atoms with Crippen LogP contribution in [0.2, 0.25) is 0 Å². The molecule has 1 saturated heterocycles. The molecule has 0 aromatic rings. The molecule has 1 heterocycles. The molecule has 0 radical (unpaired) electrons. The summed E-state index contributed by atoms with van der Waals surface area (Å²) in [5.41, 5.74) is 0. The van der Waals surface area contributed by atoms with Crippen LogP contribution in [0.5, 0.6) is 0 Å². The summed E-state index contributed by atoms with van der Waals surface area (Å²) in [7, 11) is 0. The monoisotopic (exact) mass is 213 g/mol. The van der Waals surface area contributed by atoms with E-state index < -0.39 is 0 Å². The van der Waals surface area contributed by atoms with Gasteiger partial charge in [0.15, 0.2) is 0 Å². The number of rotatable bonds is 3. The highest BCUT2D eigenvalue weighted by Gasteiger charge is 2.28. The van der Waals surface area contributed by atoms with Gasteiger partial charge in [-0.2, -0.15) is 0 Å². The lowest BCUT2D eigenvalue weighted by Gasteiger charge is -2.38. The molecule has 1 aliphatic heterocycles. The Morgan fingerprint density at radius 2 is 2.13 bits per heavy atom. The van der Waals surface area contributed by atoms with Crippen molar-refractivity contribution in [2.75, 3.05) is 13.2 Å². The number of nitrogens with zero attached hydrogens (tertiary/aromatic N) is 1. The average molecular weight is 213 g/mol. The van der Waals surface area contributed by atoms with E-state index in [4.69, 9.17) is 4.74 Å². The number of amides is 1. The Hall–Kier alpha value is -0.570. The molecule has 0 aromatic heterocycles. The van der Waals surface area contributed by atoms with E-state index in [-0.39, 0.29) is 18.6 Å². The van der Waals surface area contributed by atoms with Gasteiger partial charge in [0.05, 0.1) is 6.10 Å². The van der Waals surface area contributed by atoms with Crippen molar-refractivity contribution < 1.29 is 9.53 Å². The molecule has 88 valence electrons. The number of carbonyl (C=O) groups is 1. The molecule has 0 aliphatic carbocycles. The summed E-state index contributed by atoms with van der Waals surface area (Å²) in [5.74, 6) is 0.754. The number of piperidine rings is 1. The Morgan fingerprint density at radius 1 is 1.47 bits per heavy atom. The van der Waals surface area contributed by atoms with Crippen LogP contribution in [0.25, 0.3) is 0 Å². The molecule has 15 heavy (non-hydrogen) atoms. The Labute approximate surface area is 92.8 Å². The van der Waals surface area contributed by atoms with Crippen LogP contribution in [0, 0.1) is 5.92 Å². The van der Waals surface area contributed by atoms with Gasteiger partial charge in [-0.25, -0.2) is 0 Å². The highest BCUT2D eigenvalue weighted by Crippen LogP contribution is 2.22. The maximum absolute atomic E-state index is 11.9. The summed E-state index contributed by atoms with van der Waals surface area (Å²) in [6.07, 6.45) is 2.49. The smallest absolute Gasteiger partial charge is 0.248 e. The minimum Gasteiger partial charge on any atom is -0.369 e. The van der Waals surface area contributed by atoms with E-state index in [0.29, 0.717) is 12.0 Å². The van der Waals surface area contributed by atoms with E-state index in [0.717, 1.165) is 13.0 Å². The van der Waals surface area contributed by atoms with Crippen LogP contribution in [0.3, 0.4) is 0 Å². The van der Waals surface area contributed by atoms with Gasteiger partial charge in [-0.05, 0) is 39.5 Å². The molecule has 2 unspecified atom stereocenters. The second-order valence-electron chi connectivity index (χ2n) is 4.81. The third kappa shape index (κ3) is 3.49.